The minimum atomic E-state index is -0.404. The topological polar surface area (TPSA) is 54.3 Å². The molecule has 6 heteroatoms. The van der Waals surface area contributed by atoms with E-state index in [0.29, 0.717) is 5.75 Å². The van der Waals surface area contributed by atoms with Crippen molar-refractivity contribution in [1.82, 2.24) is 5.01 Å². The second-order valence-corrected chi connectivity index (χ2v) is 7.51. The van der Waals surface area contributed by atoms with Gasteiger partial charge in [-0.15, -0.1) is 11.3 Å². The monoisotopic (exact) mass is 378 g/mol. The Labute approximate surface area is 161 Å². The fourth-order valence-electron chi connectivity index (χ4n) is 3.71. The number of para-hydroxylation sites is 1. The van der Waals surface area contributed by atoms with E-state index in [1.54, 1.807) is 23.5 Å². The summed E-state index contributed by atoms with van der Waals surface area (Å²) in [5.41, 5.74) is 3.05. The second-order valence-electron chi connectivity index (χ2n) is 6.56. The number of hydrogen-bond donors (Lipinski definition) is 1. The summed E-state index contributed by atoms with van der Waals surface area (Å²) < 4.78 is 11.5. The molecule has 0 unspecified atom stereocenters. The minimum Gasteiger partial charge on any atom is -0.504 e. The number of ether oxygens (including phenoxy) is 2. The van der Waals surface area contributed by atoms with Gasteiger partial charge in [0.05, 0.1) is 23.7 Å². The number of phenolic OH excluding ortho intramolecular Hbond substituents is 1. The van der Waals surface area contributed by atoms with Crippen LogP contribution in [0.2, 0.25) is 0 Å². The van der Waals surface area contributed by atoms with E-state index >= 15 is 0 Å². The normalized spacial score (nSPS) is 20.5. The number of hydrazone groups is 1. The smallest absolute Gasteiger partial charge is 0.214 e. The fraction of sp³-hybridized carbons (Fsp3) is 0.190. The second kappa shape index (κ2) is 6.32. The molecule has 0 aliphatic carbocycles. The summed E-state index contributed by atoms with van der Waals surface area (Å²) in [7, 11) is 1.54. The van der Waals surface area contributed by atoms with Crippen molar-refractivity contribution in [1.29, 1.82) is 0 Å². The van der Waals surface area contributed by atoms with Crippen molar-refractivity contribution in [2.24, 2.45) is 5.10 Å². The third-order valence-electron chi connectivity index (χ3n) is 4.99. The molecule has 2 aliphatic heterocycles. The Morgan fingerprint density at radius 3 is 2.85 bits per heavy atom. The van der Waals surface area contributed by atoms with Crippen molar-refractivity contribution >= 4 is 17.0 Å². The highest BCUT2D eigenvalue weighted by molar-refractivity contribution is 7.12. The number of thiophene rings is 1. The largest absolute Gasteiger partial charge is 0.504 e. The highest BCUT2D eigenvalue weighted by Crippen LogP contribution is 2.48. The summed E-state index contributed by atoms with van der Waals surface area (Å²) in [6.45, 7) is 0. The summed E-state index contributed by atoms with van der Waals surface area (Å²) >= 11 is 1.70. The summed E-state index contributed by atoms with van der Waals surface area (Å²) in [5.74, 6) is 1.40. The maximum atomic E-state index is 10.2. The lowest BCUT2D eigenvalue weighted by molar-refractivity contribution is -0.0191. The van der Waals surface area contributed by atoms with E-state index in [-0.39, 0.29) is 11.8 Å². The lowest BCUT2D eigenvalue weighted by atomic mass is 9.97. The van der Waals surface area contributed by atoms with Crippen molar-refractivity contribution < 1.29 is 14.6 Å². The molecule has 0 spiro atoms. The Bertz CT molecular complexity index is 1020. The molecule has 0 amide bonds. The maximum absolute atomic E-state index is 10.2. The van der Waals surface area contributed by atoms with Crippen molar-refractivity contribution in [2.75, 3.05) is 7.11 Å². The molecule has 136 valence electrons. The summed E-state index contributed by atoms with van der Waals surface area (Å²) in [5, 5.41) is 19.2. The number of benzene rings is 2. The van der Waals surface area contributed by atoms with E-state index in [1.165, 1.54) is 12.0 Å². The first-order chi connectivity index (χ1) is 13.2. The molecule has 0 saturated carbocycles. The van der Waals surface area contributed by atoms with Crippen LogP contribution in [-0.2, 0) is 0 Å². The number of rotatable bonds is 3. The third-order valence-corrected chi connectivity index (χ3v) is 5.91. The predicted molar refractivity (Wildman–Crippen MR) is 105 cm³/mol. The first-order valence-corrected chi connectivity index (χ1v) is 9.65. The zero-order valence-corrected chi connectivity index (χ0v) is 15.5. The van der Waals surface area contributed by atoms with Crippen molar-refractivity contribution in [3.8, 4) is 17.2 Å². The van der Waals surface area contributed by atoms with Gasteiger partial charge in [-0.2, -0.15) is 5.10 Å². The maximum Gasteiger partial charge on any atom is 0.214 e. The molecule has 27 heavy (non-hydrogen) atoms. The number of methoxy groups -OCH3 is 1. The number of aromatic hydroxyl groups is 1. The molecule has 1 N–H and O–H groups in total. The number of hydrogen-bond acceptors (Lipinski definition) is 6. The first kappa shape index (κ1) is 16.2. The lowest BCUT2D eigenvalue weighted by Crippen LogP contribution is -2.33. The predicted octanol–water partition coefficient (Wildman–Crippen LogP) is 4.70. The number of fused-ring (bicyclic) bond motifs is 3. The minimum absolute atomic E-state index is 0.0932. The van der Waals surface area contributed by atoms with Gasteiger partial charge in [0.25, 0.3) is 0 Å². The standard InChI is InChI=1S/C21H18N2O3S/c1-25-19-9-8-13(11-17(19)24)21-23-16(14-5-2-3-6-18(14)26-21)12-15(22-23)20-7-4-10-27-20/h2-11,16,21,24H,12H2,1H3/t16-,21-/m0/s1. The quantitative estimate of drug-likeness (QED) is 0.717. The van der Waals surface area contributed by atoms with Crippen molar-refractivity contribution in [3.05, 3.63) is 76.0 Å². The zero-order chi connectivity index (χ0) is 18.4. The van der Waals surface area contributed by atoms with Crippen LogP contribution in [0.3, 0.4) is 0 Å². The molecule has 3 heterocycles. The van der Waals surface area contributed by atoms with E-state index < -0.39 is 6.23 Å². The summed E-state index contributed by atoms with van der Waals surface area (Å²) in [6.07, 6.45) is 0.429. The van der Waals surface area contributed by atoms with Crippen LogP contribution < -0.4 is 9.47 Å². The Morgan fingerprint density at radius 1 is 1.19 bits per heavy atom. The Hall–Kier alpha value is -2.99. The molecule has 0 saturated heterocycles. The van der Waals surface area contributed by atoms with Gasteiger partial charge in [0.1, 0.15) is 5.75 Å². The van der Waals surface area contributed by atoms with Crippen LogP contribution in [-0.4, -0.2) is 22.9 Å². The van der Waals surface area contributed by atoms with Gasteiger partial charge in [0, 0.05) is 17.5 Å². The van der Waals surface area contributed by atoms with Gasteiger partial charge in [-0.1, -0.05) is 24.3 Å². The Morgan fingerprint density at radius 2 is 2.07 bits per heavy atom. The average Bonchev–Trinajstić information content (AvgIpc) is 3.37. The van der Waals surface area contributed by atoms with Crippen LogP contribution in [0.15, 0.2) is 65.1 Å². The average molecular weight is 378 g/mol. The highest BCUT2D eigenvalue weighted by Gasteiger charge is 2.41. The first-order valence-electron chi connectivity index (χ1n) is 8.77. The molecule has 0 fully saturated rings. The van der Waals surface area contributed by atoms with E-state index in [2.05, 4.69) is 17.5 Å². The highest BCUT2D eigenvalue weighted by atomic mass is 32.1. The Balaban J connectivity index is 1.59. The fourth-order valence-corrected chi connectivity index (χ4v) is 4.43. The molecule has 5 nitrogen and oxygen atoms in total. The molecular weight excluding hydrogens is 360 g/mol. The molecule has 3 aromatic rings. The molecule has 0 bridgehead atoms. The number of nitrogens with zero attached hydrogens (tertiary/aromatic N) is 2. The van der Waals surface area contributed by atoms with Gasteiger partial charge in [0.2, 0.25) is 6.23 Å². The lowest BCUT2D eigenvalue weighted by Gasteiger charge is -2.38. The van der Waals surface area contributed by atoms with E-state index in [1.807, 2.05) is 35.3 Å². The number of phenols is 1. The van der Waals surface area contributed by atoms with Crippen LogP contribution in [0.4, 0.5) is 0 Å². The summed E-state index contributed by atoms with van der Waals surface area (Å²) in [6, 6.07) is 17.7. The molecule has 0 radical (unpaired) electrons. The van der Waals surface area contributed by atoms with Crippen LogP contribution in [0.25, 0.3) is 0 Å². The van der Waals surface area contributed by atoms with Crippen LogP contribution in [0.1, 0.15) is 34.7 Å². The summed E-state index contributed by atoms with van der Waals surface area (Å²) in [4.78, 5) is 1.18. The zero-order valence-electron chi connectivity index (χ0n) is 14.7. The molecule has 2 atom stereocenters. The van der Waals surface area contributed by atoms with Crippen molar-refractivity contribution in [2.45, 2.75) is 18.7 Å². The van der Waals surface area contributed by atoms with Gasteiger partial charge in [-0.05, 0) is 35.7 Å². The van der Waals surface area contributed by atoms with Crippen LogP contribution >= 0.6 is 11.3 Å². The molecule has 5 rings (SSSR count). The third kappa shape index (κ3) is 2.64. The van der Waals surface area contributed by atoms with Gasteiger partial charge in [-0.25, -0.2) is 5.01 Å². The van der Waals surface area contributed by atoms with E-state index in [9.17, 15) is 5.11 Å². The van der Waals surface area contributed by atoms with Gasteiger partial charge < -0.3 is 14.6 Å². The van der Waals surface area contributed by atoms with Gasteiger partial charge in [-0.3, -0.25) is 0 Å². The molecule has 2 aliphatic rings. The van der Waals surface area contributed by atoms with Crippen LogP contribution in [0.5, 0.6) is 17.2 Å². The van der Waals surface area contributed by atoms with Crippen molar-refractivity contribution in [3.63, 3.8) is 0 Å². The molecule has 2 aromatic carbocycles. The van der Waals surface area contributed by atoms with Crippen LogP contribution in [0, 0.1) is 0 Å². The SMILES string of the molecule is COc1ccc([C@@H]2Oc3ccccc3[C@@H]3CC(c4cccs4)=NN32)cc1O. The van der Waals surface area contributed by atoms with Gasteiger partial charge in [0.15, 0.2) is 11.5 Å². The molecular formula is C21H18N2O3S. The van der Waals surface area contributed by atoms with E-state index in [4.69, 9.17) is 14.6 Å². The molecule has 1 aromatic heterocycles. The van der Waals surface area contributed by atoms with Gasteiger partial charge >= 0.3 is 0 Å². The van der Waals surface area contributed by atoms with E-state index in [0.717, 1.165) is 29.0 Å². The Kier molecular flexibility index (Phi) is 3.79.